The first-order chi connectivity index (χ1) is 7.70. The summed E-state index contributed by atoms with van der Waals surface area (Å²) in [4.78, 5) is 2.35. The summed E-state index contributed by atoms with van der Waals surface area (Å²) in [5.74, 6) is 0. The minimum Gasteiger partial charge on any atom is -0.379 e. The lowest BCUT2D eigenvalue weighted by Gasteiger charge is -2.15. The van der Waals surface area contributed by atoms with Gasteiger partial charge in [0.1, 0.15) is 0 Å². The first-order valence-corrected chi connectivity index (χ1v) is 7.00. The summed E-state index contributed by atoms with van der Waals surface area (Å²) in [5, 5.41) is 0. The molecule has 0 N–H and O–H groups in total. The Labute approximate surface area is 102 Å². The summed E-state index contributed by atoms with van der Waals surface area (Å²) >= 11 is 0. The van der Waals surface area contributed by atoms with Gasteiger partial charge in [-0.15, -0.1) is 0 Å². The third kappa shape index (κ3) is 10.4. The molecule has 0 rings (SSSR count). The Hall–Kier alpha value is -0.0800. The summed E-state index contributed by atoms with van der Waals surface area (Å²) < 4.78 is 5.79. The topological polar surface area (TPSA) is 12.5 Å². The predicted octanol–water partition coefficient (Wildman–Crippen LogP) is 3.70. The molecule has 0 spiro atoms. The van der Waals surface area contributed by atoms with Gasteiger partial charge in [-0.05, 0) is 46.3 Å². The van der Waals surface area contributed by atoms with Crippen LogP contribution >= 0.6 is 0 Å². The maximum Gasteiger partial charge on any atom is 0.0547 e. The molecule has 0 radical (unpaired) electrons. The first kappa shape index (κ1) is 15.9. The fourth-order valence-corrected chi connectivity index (χ4v) is 1.69. The van der Waals surface area contributed by atoms with Crippen LogP contribution in [0, 0.1) is 0 Å². The summed E-state index contributed by atoms with van der Waals surface area (Å²) in [7, 11) is 2.17. The number of ether oxygens (including phenoxy) is 1. The molecule has 98 valence electrons. The van der Waals surface area contributed by atoms with Crippen molar-refractivity contribution in [3.05, 3.63) is 0 Å². The number of rotatable bonds is 11. The highest BCUT2D eigenvalue weighted by Gasteiger charge is 2.01. The molecule has 0 saturated heterocycles. The van der Waals surface area contributed by atoms with Gasteiger partial charge in [-0.25, -0.2) is 0 Å². The molecular formula is C14H31NO. The van der Waals surface area contributed by atoms with Crippen molar-refractivity contribution in [3.63, 3.8) is 0 Å². The number of hydrogen-bond donors (Lipinski definition) is 0. The molecule has 0 aromatic rings. The highest BCUT2D eigenvalue weighted by atomic mass is 16.5. The molecule has 0 aromatic carbocycles. The smallest absolute Gasteiger partial charge is 0.0547 e. The summed E-state index contributed by atoms with van der Waals surface area (Å²) in [5.41, 5.74) is 0. The molecule has 0 amide bonds. The maximum atomic E-state index is 5.79. The molecule has 0 fully saturated rings. The van der Waals surface area contributed by atoms with Gasteiger partial charge in [0.05, 0.1) is 6.10 Å². The fraction of sp³-hybridized carbons (Fsp3) is 1.00. The molecule has 2 heteroatoms. The molecule has 0 bridgehead atoms. The van der Waals surface area contributed by atoms with E-state index in [1.807, 2.05) is 0 Å². The van der Waals surface area contributed by atoms with Crippen LogP contribution in [0.2, 0.25) is 0 Å². The summed E-state index contributed by atoms with van der Waals surface area (Å²) in [6.45, 7) is 9.93. The molecule has 16 heavy (non-hydrogen) atoms. The minimum absolute atomic E-state index is 0.454. The van der Waals surface area contributed by atoms with Crippen LogP contribution in [0.4, 0.5) is 0 Å². The molecular weight excluding hydrogens is 198 g/mol. The van der Waals surface area contributed by atoms with Gasteiger partial charge in [0.15, 0.2) is 0 Å². The van der Waals surface area contributed by atoms with Crippen LogP contribution in [0.25, 0.3) is 0 Å². The second-order valence-electron chi connectivity index (χ2n) is 4.78. The zero-order valence-corrected chi connectivity index (χ0v) is 11.8. The Balaban J connectivity index is 3.17. The third-order valence-corrected chi connectivity index (χ3v) is 3.09. The SMILES string of the molecule is CCCCCC(C)OCCCCN(C)CC. The second kappa shape index (κ2) is 11.4. The quantitative estimate of drug-likeness (QED) is 0.501. The fourth-order valence-electron chi connectivity index (χ4n) is 1.69. The van der Waals surface area contributed by atoms with Crippen molar-refractivity contribution in [2.24, 2.45) is 0 Å². The van der Waals surface area contributed by atoms with E-state index < -0.39 is 0 Å². The first-order valence-electron chi connectivity index (χ1n) is 7.00. The van der Waals surface area contributed by atoms with E-state index >= 15 is 0 Å². The van der Waals surface area contributed by atoms with Crippen molar-refractivity contribution in [3.8, 4) is 0 Å². The summed E-state index contributed by atoms with van der Waals surface area (Å²) in [6, 6.07) is 0. The minimum atomic E-state index is 0.454. The zero-order chi connectivity index (χ0) is 12.2. The Morgan fingerprint density at radius 1 is 1.06 bits per heavy atom. The Morgan fingerprint density at radius 3 is 2.44 bits per heavy atom. The average Bonchev–Trinajstić information content (AvgIpc) is 2.28. The maximum absolute atomic E-state index is 5.79. The van der Waals surface area contributed by atoms with Crippen molar-refractivity contribution in [1.82, 2.24) is 4.90 Å². The van der Waals surface area contributed by atoms with Crippen LogP contribution < -0.4 is 0 Å². The molecule has 2 nitrogen and oxygen atoms in total. The van der Waals surface area contributed by atoms with Crippen LogP contribution in [0.1, 0.15) is 59.3 Å². The van der Waals surface area contributed by atoms with Crippen molar-refractivity contribution >= 4 is 0 Å². The lowest BCUT2D eigenvalue weighted by atomic mass is 10.1. The van der Waals surface area contributed by atoms with E-state index in [0.29, 0.717) is 6.10 Å². The molecule has 1 unspecified atom stereocenters. The lowest BCUT2D eigenvalue weighted by molar-refractivity contribution is 0.0551. The molecule has 0 aliphatic carbocycles. The van der Waals surface area contributed by atoms with E-state index in [4.69, 9.17) is 4.74 Å². The monoisotopic (exact) mass is 229 g/mol. The van der Waals surface area contributed by atoms with Gasteiger partial charge >= 0.3 is 0 Å². The van der Waals surface area contributed by atoms with Crippen LogP contribution in [-0.2, 0) is 4.74 Å². The largest absolute Gasteiger partial charge is 0.379 e. The van der Waals surface area contributed by atoms with Crippen molar-refractivity contribution in [2.45, 2.75) is 65.4 Å². The van der Waals surface area contributed by atoms with Gasteiger partial charge in [0.2, 0.25) is 0 Å². The van der Waals surface area contributed by atoms with E-state index in [1.54, 1.807) is 0 Å². The van der Waals surface area contributed by atoms with Gasteiger partial charge in [0, 0.05) is 6.61 Å². The highest BCUT2D eigenvalue weighted by Crippen LogP contribution is 2.06. The van der Waals surface area contributed by atoms with Gasteiger partial charge in [-0.3, -0.25) is 0 Å². The van der Waals surface area contributed by atoms with Gasteiger partial charge in [-0.2, -0.15) is 0 Å². The van der Waals surface area contributed by atoms with Crippen LogP contribution in [0.3, 0.4) is 0 Å². The van der Waals surface area contributed by atoms with Gasteiger partial charge in [-0.1, -0.05) is 33.1 Å². The molecule has 0 saturated carbocycles. The molecule has 0 aliphatic heterocycles. The number of unbranched alkanes of at least 4 members (excludes halogenated alkanes) is 3. The molecule has 0 aromatic heterocycles. The second-order valence-corrected chi connectivity index (χ2v) is 4.78. The van der Waals surface area contributed by atoms with E-state index in [2.05, 4.69) is 32.7 Å². The highest BCUT2D eigenvalue weighted by molar-refractivity contribution is 4.52. The molecule has 0 heterocycles. The summed E-state index contributed by atoms with van der Waals surface area (Å²) in [6.07, 6.45) is 8.09. The Morgan fingerprint density at radius 2 is 1.81 bits per heavy atom. The van der Waals surface area contributed by atoms with E-state index in [1.165, 1.54) is 45.1 Å². The van der Waals surface area contributed by atoms with E-state index in [-0.39, 0.29) is 0 Å². The van der Waals surface area contributed by atoms with Crippen LogP contribution in [0.5, 0.6) is 0 Å². The number of nitrogens with zero attached hydrogens (tertiary/aromatic N) is 1. The lowest BCUT2D eigenvalue weighted by Crippen LogP contribution is -2.19. The van der Waals surface area contributed by atoms with Crippen LogP contribution in [-0.4, -0.2) is 37.7 Å². The van der Waals surface area contributed by atoms with E-state index in [9.17, 15) is 0 Å². The standard InChI is InChI=1S/C14H31NO/c1-5-7-8-11-14(3)16-13-10-9-12-15(4)6-2/h14H,5-13H2,1-4H3. The number of hydrogen-bond acceptors (Lipinski definition) is 2. The van der Waals surface area contributed by atoms with Crippen molar-refractivity contribution in [1.29, 1.82) is 0 Å². The Kier molecular flexibility index (Phi) is 11.3. The van der Waals surface area contributed by atoms with Crippen molar-refractivity contribution in [2.75, 3.05) is 26.7 Å². The normalized spacial score (nSPS) is 13.3. The van der Waals surface area contributed by atoms with Gasteiger partial charge < -0.3 is 9.64 Å². The third-order valence-electron chi connectivity index (χ3n) is 3.09. The van der Waals surface area contributed by atoms with Crippen molar-refractivity contribution < 1.29 is 4.74 Å². The Bertz CT molecular complexity index is 139. The predicted molar refractivity (Wildman–Crippen MR) is 72.0 cm³/mol. The molecule has 1 atom stereocenters. The van der Waals surface area contributed by atoms with Crippen LogP contribution in [0.15, 0.2) is 0 Å². The molecule has 0 aliphatic rings. The van der Waals surface area contributed by atoms with Gasteiger partial charge in [0.25, 0.3) is 0 Å². The zero-order valence-electron chi connectivity index (χ0n) is 11.8. The average molecular weight is 229 g/mol. The van der Waals surface area contributed by atoms with E-state index in [0.717, 1.165) is 13.2 Å².